The van der Waals surface area contributed by atoms with E-state index in [1.54, 1.807) is 20.8 Å². The molecule has 1 heterocycles. The highest BCUT2D eigenvalue weighted by Crippen LogP contribution is 2.20. The van der Waals surface area contributed by atoms with Gasteiger partial charge in [0.05, 0.1) is 19.0 Å². The Labute approximate surface area is 163 Å². The van der Waals surface area contributed by atoms with Crippen molar-refractivity contribution in [1.82, 2.24) is 20.4 Å². The minimum Gasteiger partial charge on any atom is -0.493 e. The topological polar surface area (TPSA) is 112 Å². The predicted molar refractivity (Wildman–Crippen MR) is 101 cm³/mol. The van der Waals surface area contributed by atoms with Gasteiger partial charge in [-0.25, -0.2) is 14.3 Å². The summed E-state index contributed by atoms with van der Waals surface area (Å²) < 4.78 is 11.8. The van der Waals surface area contributed by atoms with E-state index in [1.807, 2.05) is 30.3 Å². The minimum absolute atomic E-state index is 0.0786. The molecule has 3 amide bonds. The van der Waals surface area contributed by atoms with Crippen molar-refractivity contribution in [2.24, 2.45) is 0 Å². The zero-order valence-electron chi connectivity index (χ0n) is 16.5. The van der Waals surface area contributed by atoms with E-state index in [0.29, 0.717) is 0 Å². The number of ether oxygens (including phenoxy) is 2. The molecule has 0 aliphatic heterocycles. The lowest BCUT2D eigenvalue weighted by molar-refractivity contribution is -0.127. The number of rotatable bonds is 5. The fraction of sp³-hybridized carbons (Fsp3) is 0.368. The van der Waals surface area contributed by atoms with Gasteiger partial charge in [-0.3, -0.25) is 10.1 Å². The number of nitrogens with one attached hydrogen (secondary N) is 2. The van der Waals surface area contributed by atoms with E-state index in [9.17, 15) is 14.4 Å². The van der Waals surface area contributed by atoms with Gasteiger partial charge in [-0.05, 0) is 39.8 Å². The monoisotopic (exact) mass is 388 g/mol. The predicted octanol–water partition coefficient (Wildman–Crippen LogP) is 2.05. The lowest BCUT2D eigenvalue weighted by Crippen LogP contribution is -2.50. The summed E-state index contributed by atoms with van der Waals surface area (Å²) in [5, 5.41) is 8.89. The molecule has 0 saturated heterocycles. The summed E-state index contributed by atoms with van der Waals surface area (Å²) >= 11 is 0. The lowest BCUT2D eigenvalue weighted by atomic mass is 10.1. The molecule has 0 bridgehead atoms. The van der Waals surface area contributed by atoms with Crippen molar-refractivity contribution < 1.29 is 23.9 Å². The first-order valence-corrected chi connectivity index (χ1v) is 8.64. The zero-order valence-corrected chi connectivity index (χ0v) is 16.5. The van der Waals surface area contributed by atoms with Gasteiger partial charge < -0.3 is 14.8 Å². The Morgan fingerprint density at radius 1 is 1.14 bits per heavy atom. The number of aromatic nitrogens is 2. The van der Waals surface area contributed by atoms with Crippen molar-refractivity contribution in [3.05, 3.63) is 42.2 Å². The van der Waals surface area contributed by atoms with Crippen LogP contribution in [0.1, 0.15) is 38.2 Å². The Kier molecular flexibility index (Phi) is 6.40. The first-order chi connectivity index (χ1) is 13.1. The number of hydrogen-bond acceptors (Lipinski definition) is 6. The molecule has 150 valence electrons. The summed E-state index contributed by atoms with van der Waals surface area (Å²) in [6, 6.07) is 8.46. The number of esters is 1. The molecular weight excluding hydrogens is 364 g/mol. The number of carbonyl (C=O) groups is 3. The fourth-order valence-corrected chi connectivity index (χ4v) is 2.22. The quantitative estimate of drug-likeness (QED) is 0.759. The maximum atomic E-state index is 12.4. The van der Waals surface area contributed by atoms with Gasteiger partial charge in [0.1, 0.15) is 0 Å². The summed E-state index contributed by atoms with van der Waals surface area (Å²) in [5.41, 5.74) is 0.136. The van der Waals surface area contributed by atoms with E-state index < -0.39 is 29.6 Å². The average molecular weight is 388 g/mol. The maximum absolute atomic E-state index is 12.4. The Morgan fingerprint density at radius 2 is 1.79 bits per heavy atom. The number of urea groups is 1. The van der Waals surface area contributed by atoms with E-state index in [1.165, 1.54) is 24.9 Å². The van der Waals surface area contributed by atoms with Gasteiger partial charge in [-0.15, -0.1) is 0 Å². The van der Waals surface area contributed by atoms with Gasteiger partial charge in [0.2, 0.25) is 5.69 Å². The van der Waals surface area contributed by atoms with Gasteiger partial charge in [0.25, 0.3) is 5.91 Å². The molecule has 1 aromatic carbocycles. The highest BCUT2D eigenvalue weighted by molar-refractivity contribution is 5.98. The number of methoxy groups -OCH3 is 1. The number of amides is 3. The maximum Gasteiger partial charge on any atom is 0.363 e. The molecule has 0 radical (unpaired) electrons. The molecular formula is C19H24N4O5. The van der Waals surface area contributed by atoms with Crippen molar-refractivity contribution in [1.29, 1.82) is 0 Å². The summed E-state index contributed by atoms with van der Waals surface area (Å²) in [4.78, 5) is 36.3. The second-order valence-electron chi connectivity index (χ2n) is 7.07. The summed E-state index contributed by atoms with van der Waals surface area (Å²) in [5.74, 6) is -1.39. The molecule has 0 fully saturated rings. The van der Waals surface area contributed by atoms with Gasteiger partial charge in [0.15, 0.2) is 11.9 Å². The molecule has 0 unspecified atom stereocenters. The SMILES string of the molecule is COc1cn(-c2ccccc2)nc1C(=O)O[C@H](C)C(=O)NC(=O)NC(C)(C)C. The Bertz CT molecular complexity index is 855. The van der Waals surface area contributed by atoms with Crippen LogP contribution in [0, 0.1) is 0 Å². The molecule has 0 saturated carbocycles. The second-order valence-corrected chi connectivity index (χ2v) is 7.07. The van der Waals surface area contributed by atoms with Crippen molar-refractivity contribution in [2.45, 2.75) is 39.3 Å². The van der Waals surface area contributed by atoms with Crippen LogP contribution in [-0.4, -0.2) is 46.4 Å². The molecule has 2 N–H and O–H groups in total. The third-order valence-corrected chi connectivity index (χ3v) is 3.49. The smallest absolute Gasteiger partial charge is 0.363 e. The van der Waals surface area contributed by atoms with Crippen LogP contribution < -0.4 is 15.4 Å². The number of hydrogen-bond donors (Lipinski definition) is 2. The molecule has 28 heavy (non-hydrogen) atoms. The van der Waals surface area contributed by atoms with Crippen LogP contribution in [0.5, 0.6) is 5.75 Å². The summed E-state index contributed by atoms with van der Waals surface area (Å²) in [6.45, 7) is 6.68. The summed E-state index contributed by atoms with van der Waals surface area (Å²) in [6.07, 6.45) is 0.331. The van der Waals surface area contributed by atoms with Gasteiger partial charge in [-0.2, -0.15) is 5.10 Å². The van der Waals surface area contributed by atoms with E-state index in [4.69, 9.17) is 9.47 Å². The number of para-hydroxylation sites is 1. The van der Waals surface area contributed by atoms with Crippen LogP contribution in [-0.2, 0) is 9.53 Å². The standard InChI is InChI=1S/C19H24N4O5/c1-12(16(24)20-18(26)21-19(2,3)4)28-17(25)15-14(27-5)11-23(22-15)13-9-7-6-8-10-13/h6-12H,1-5H3,(H2,20,21,24,26)/t12-/m1/s1. The number of nitrogens with zero attached hydrogens (tertiary/aromatic N) is 2. The van der Waals surface area contributed by atoms with Crippen LogP contribution in [0.25, 0.3) is 5.69 Å². The third kappa shape index (κ3) is 5.57. The highest BCUT2D eigenvalue weighted by Gasteiger charge is 2.26. The van der Waals surface area contributed by atoms with Crippen molar-refractivity contribution in [3.63, 3.8) is 0 Å². The van der Waals surface area contributed by atoms with Crippen molar-refractivity contribution >= 4 is 17.9 Å². The molecule has 0 aliphatic carbocycles. The molecule has 1 atom stereocenters. The molecule has 2 rings (SSSR count). The van der Waals surface area contributed by atoms with E-state index >= 15 is 0 Å². The normalized spacial score (nSPS) is 12.0. The van der Waals surface area contributed by atoms with Crippen LogP contribution in [0.2, 0.25) is 0 Å². The van der Waals surface area contributed by atoms with Crippen molar-refractivity contribution in [2.75, 3.05) is 7.11 Å². The molecule has 9 nitrogen and oxygen atoms in total. The largest absolute Gasteiger partial charge is 0.493 e. The fourth-order valence-electron chi connectivity index (χ4n) is 2.22. The van der Waals surface area contributed by atoms with Crippen LogP contribution in [0.4, 0.5) is 4.79 Å². The lowest BCUT2D eigenvalue weighted by Gasteiger charge is -2.21. The number of carbonyl (C=O) groups excluding carboxylic acids is 3. The molecule has 9 heteroatoms. The third-order valence-electron chi connectivity index (χ3n) is 3.49. The first-order valence-electron chi connectivity index (χ1n) is 8.64. The first kappa shape index (κ1) is 20.9. The van der Waals surface area contributed by atoms with E-state index in [0.717, 1.165) is 5.69 Å². The number of benzene rings is 1. The Morgan fingerprint density at radius 3 is 2.36 bits per heavy atom. The van der Waals surface area contributed by atoms with Gasteiger partial charge in [-0.1, -0.05) is 18.2 Å². The minimum atomic E-state index is -1.20. The zero-order chi connectivity index (χ0) is 20.9. The van der Waals surface area contributed by atoms with Crippen LogP contribution in [0.3, 0.4) is 0 Å². The van der Waals surface area contributed by atoms with Crippen LogP contribution in [0.15, 0.2) is 36.5 Å². The highest BCUT2D eigenvalue weighted by atomic mass is 16.6. The second kappa shape index (κ2) is 8.55. The molecule has 2 aromatic rings. The van der Waals surface area contributed by atoms with E-state index in [-0.39, 0.29) is 11.4 Å². The average Bonchev–Trinajstić information content (AvgIpc) is 3.05. The molecule has 1 aromatic heterocycles. The number of imide groups is 1. The Balaban J connectivity index is 2.06. The Hall–Kier alpha value is -3.36. The van der Waals surface area contributed by atoms with Gasteiger partial charge in [0, 0.05) is 5.54 Å². The van der Waals surface area contributed by atoms with Crippen molar-refractivity contribution in [3.8, 4) is 11.4 Å². The molecule has 0 spiro atoms. The summed E-state index contributed by atoms with van der Waals surface area (Å²) in [7, 11) is 1.40. The van der Waals surface area contributed by atoms with Gasteiger partial charge >= 0.3 is 12.0 Å². The van der Waals surface area contributed by atoms with Crippen LogP contribution >= 0.6 is 0 Å². The molecule has 0 aliphatic rings. The van der Waals surface area contributed by atoms with E-state index in [2.05, 4.69) is 15.7 Å².